The Morgan fingerprint density at radius 1 is 1.19 bits per heavy atom. The number of halogens is 1. The summed E-state index contributed by atoms with van der Waals surface area (Å²) in [4.78, 5) is 12.3. The van der Waals surface area contributed by atoms with Crippen molar-refractivity contribution in [1.82, 2.24) is 19.3 Å². The van der Waals surface area contributed by atoms with Gasteiger partial charge >= 0.3 is 0 Å². The van der Waals surface area contributed by atoms with Crippen LogP contribution in [0, 0.1) is 5.82 Å². The van der Waals surface area contributed by atoms with E-state index < -0.39 is 21.9 Å². The zero-order chi connectivity index (χ0) is 21.8. The monoisotopic (exact) mass is 445 g/mol. The van der Waals surface area contributed by atoms with Gasteiger partial charge < -0.3 is 14.8 Å². The zero-order valence-corrected chi connectivity index (χ0v) is 17.4. The minimum Gasteiger partial charge on any atom is -0.495 e. The van der Waals surface area contributed by atoms with Crippen molar-refractivity contribution in [3.63, 3.8) is 0 Å². The van der Waals surface area contributed by atoms with Crippen molar-refractivity contribution in [1.29, 1.82) is 0 Å². The standard InChI is InChI=1S/C20H20FN5O4S/c1-29-17-6-3-14(21)11-19(17)31(27,28)26-9-10-30-18(13-26)16-5-4-15(12-24-16)25-20-22-7-2-8-23-20/h2-8,11-12,18H,9-10,13H2,1H3,(H,22,23,25)/t18-/m1/s1. The summed E-state index contributed by atoms with van der Waals surface area (Å²) in [6.07, 6.45) is 4.27. The predicted molar refractivity (Wildman–Crippen MR) is 110 cm³/mol. The van der Waals surface area contributed by atoms with Crippen LogP contribution in [0.15, 0.2) is 59.9 Å². The first kappa shape index (κ1) is 21.1. The fourth-order valence-electron chi connectivity index (χ4n) is 3.18. The maximum absolute atomic E-state index is 13.7. The number of morpholine rings is 1. The van der Waals surface area contributed by atoms with Gasteiger partial charge in [-0.25, -0.2) is 22.8 Å². The number of nitrogens with zero attached hydrogens (tertiary/aromatic N) is 4. The number of anilines is 2. The quantitative estimate of drug-likeness (QED) is 0.617. The Labute approximate surface area is 178 Å². The van der Waals surface area contributed by atoms with Crippen molar-refractivity contribution >= 4 is 21.7 Å². The molecule has 162 valence electrons. The molecule has 31 heavy (non-hydrogen) atoms. The number of aromatic nitrogens is 3. The lowest BCUT2D eigenvalue weighted by Gasteiger charge is -2.32. The smallest absolute Gasteiger partial charge is 0.247 e. The second-order valence-corrected chi connectivity index (χ2v) is 8.59. The number of hydrogen-bond donors (Lipinski definition) is 1. The minimum atomic E-state index is -3.99. The lowest BCUT2D eigenvalue weighted by molar-refractivity contribution is -0.00496. The number of benzene rings is 1. The van der Waals surface area contributed by atoms with Crippen molar-refractivity contribution in [2.24, 2.45) is 0 Å². The molecular formula is C20H20FN5O4S. The molecule has 9 nitrogen and oxygen atoms in total. The topological polar surface area (TPSA) is 107 Å². The van der Waals surface area contributed by atoms with E-state index in [4.69, 9.17) is 9.47 Å². The van der Waals surface area contributed by atoms with Crippen molar-refractivity contribution in [2.45, 2.75) is 11.0 Å². The van der Waals surface area contributed by atoms with E-state index in [0.717, 1.165) is 12.1 Å². The highest BCUT2D eigenvalue weighted by molar-refractivity contribution is 7.89. The number of hydrogen-bond acceptors (Lipinski definition) is 8. The first-order chi connectivity index (χ1) is 15.0. The fourth-order valence-corrected chi connectivity index (χ4v) is 4.77. The van der Waals surface area contributed by atoms with E-state index in [-0.39, 0.29) is 30.3 Å². The third-order valence-corrected chi connectivity index (χ3v) is 6.60. The van der Waals surface area contributed by atoms with E-state index in [1.807, 2.05) is 0 Å². The molecule has 0 spiro atoms. The van der Waals surface area contributed by atoms with Crippen LogP contribution >= 0.6 is 0 Å². The van der Waals surface area contributed by atoms with Crippen LogP contribution in [0.25, 0.3) is 0 Å². The van der Waals surface area contributed by atoms with Gasteiger partial charge in [-0.2, -0.15) is 4.31 Å². The molecule has 0 amide bonds. The maximum Gasteiger partial charge on any atom is 0.247 e. The molecule has 0 saturated carbocycles. The molecule has 2 aromatic heterocycles. The molecule has 0 unspecified atom stereocenters. The first-order valence-electron chi connectivity index (χ1n) is 9.42. The number of ether oxygens (including phenoxy) is 2. The average molecular weight is 445 g/mol. The summed E-state index contributed by atoms with van der Waals surface area (Å²) in [5, 5.41) is 3.03. The molecular weight excluding hydrogens is 425 g/mol. The Balaban J connectivity index is 1.51. The molecule has 1 aliphatic heterocycles. The molecule has 1 aliphatic rings. The molecule has 4 rings (SSSR count). The Morgan fingerprint density at radius 2 is 2.00 bits per heavy atom. The lowest BCUT2D eigenvalue weighted by atomic mass is 10.2. The van der Waals surface area contributed by atoms with Crippen LogP contribution in [0.1, 0.15) is 11.8 Å². The second-order valence-electron chi connectivity index (χ2n) is 6.69. The van der Waals surface area contributed by atoms with Crippen molar-refractivity contribution in [2.75, 3.05) is 32.1 Å². The summed E-state index contributed by atoms with van der Waals surface area (Å²) in [6, 6.07) is 8.65. The van der Waals surface area contributed by atoms with Gasteiger partial charge in [-0.15, -0.1) is 0 Å². The van der Waals surface area contributed by atoms with Gasteiger partial charge in [0.1, 0.15) is 22.6 Å². The summed E-state index contributed by atoms with van der Waals surface area (Å²) < 4.78 is 52.1. The molecule has 0 aliphatic carbocycles. The van der Waals surface area contributed by atoms with Crippen LogP contribution in [-0.4, -0.2) is 54.5 Å². The molecule has 1 aromatic carbocycles. The van der Waals surface area contributed by atoms with Gasteiger partial charge in [0.2, 0.25) is 16.0 Å². The van der Waals surface area contributed by atoms with Gasteiger partial charge in [-0.3, -0.25) is 4.98 Å². The summed E-state index contributed by atoms with van der Waals surface area (Å²) >= 11 is 0. The van der Waals surface area contributed by atoms with Crippen LogP contribution in [0.5, 0.6) is 5.75 Å². The highest BCUT2D eigenvalue weighted by Crippen LogP contribution is 2.31. The molecule has 0 bridgehead atoms. The molecule has 1 N–H and O–H groups in total. The Kier molecular flexibility index (Phi) is 6.07. The molecule has 11 heteroatoms. The van der Waals surface area contributed by atoms with Crippen LogP contribution in [0.3, 0.4) is 0 Å². The van der Waals surface area contributed by atoms with E-state index in [1.165, 1.54) is 17.5 Å². The highest BCUT2D eigenvalue weighted by atomic mass is 32.2. The highest BCUT2D eigenvalue weighted by Gasteiger charge is 2.34. The molecule has 0 radical (unpaired) electrons. The SMILES string of the molecule is COc1ccc(F)cc1S(=O)(=O)N1CCO[C@@H](c2ccc(Nc3ncccn3)cn2)C1. The van der Waals surface area contributed by atoms with Gasteiger partial charge in [-0.05, 0) is 36.4 Å². The van der Waals surface area contributed by atoms with Crippen LogP contribution in [0.4, 0.5) is 16.0 Å². The van der Waals surface area contributed by atoms with Gasteiger partial charge in [0, 0.05) is 25.5 Å². The number of methoxy groups -OCH3 is 1. The van der Waals surface area contributed by atoms with Gasteiger partial charge in [0.15, 0.2) is 0 Å². The second kappa shape index (κ2) is 8.92. The van der Waals surface area contributed by atoms with E-state index in [1.54, 1.807) is 36.8 Å². The number of rotatable bonds is 6. The zero-order valence-electron chi connectivity index (χ0n) is 16.6. The number of nitrogens with one attached hydrogen (secondary N) is 1. The summed E-state index contributed by atoms with van der Waals surface area (Å²) in [5.41, 5.74) is 1.25. The fraction of sp³-hybridized carbons (Fsp3) is 0.250. The van der Waals surface area contributed by atoms with Crippen LogP contribution in [0.2, 0.25) is 0 Å². The molecule has 1 fully saturated rings. The van der Waals surface area contributed by atoms with Gasteiger partial charge in [-0.1, -0.05) is 0 Å². The summed E-state index contributed by atoms with van der Waals surface area (Å²) in [7, 11) is -2.64. The van der Waals surface area contributed by atoms with E-state index >= 15 is 0 Å². The predicted octanol–water partition coefficient (Wildman–Crippen LogP) is 2.53. The maximum atomic E-state index is 13.7. The number of sulfonamides is 1. The Hall–Kier alpha value is -3.15. The third-order valence-electron chi connectivity index (χ3n) is 4.71. The molecule has 3 aromatic rings. The summed E-state index contributed by atoms with van der Waals surface area (Å²) in [5.74, 6) is -0.135. The van der Waals surface area contributed by atoms with Gasteiger partial charge in [0.25, 0.3) is 0 Å². The van der Waals surface area contributed by atoms with Crippen LogP contribution in [-0.2, 0) is 14.8 Å². The average Bonchev–Trinajstić information content (AvgIpc) is 2.80. The summed E-state index contributed by atoms with van der Waals surface area (Å²) in [6.45, 7) is 0.369. The van der Waals surface area contributed by atoms with Gasteiger partial charge in [0.05, 0.1) is 31.3 Å². The lowest BCUT2D eigenvalue weighted by Crippen LogP contribution is -2.42. The van der Waals surface area contributed by atoms with Crippen LogP contribution < -0.4 is 10.1 Å². The largest absolute Gasteiger partial charge is 0.495 e. The van der Waals surface area contributed by atoms with E-state index in [0.29, 0.717) is 17.3 Å². The van der Waals surface area contributed by atoms with Crippen molar-refractivity contribution in [3.8, 4) is 5.75 Å². The van der Waals surface area contributed by atoms with Crippen molar-refractivity contribution in [3.05, 3.63) is 66.5 Å². The Bertz CT molecular complexity index is 1150. The Morgan fingerprint density at radius 3 is 2.71 bits per heavy atom. The third kappa shape index (κ3) is 4.63. The normalized spacial score (nSPS) is 17.3. The van der Waals surface area contributed by atoms with E-state index in [2.05, 4.69) is 20.3 Å². The minimum absolute atomic E-state index is 0.0452. The van der Waals surface area contributed by atoms with Crippen molar-refractivity contribution < 1.29 is 22.3 Å². The first-order valence-corrected chi connectivity index (χ1v) is 10.9. The molecule has 1 atom stereocenters. The van der Waals surface area contributed by atoms with E-state index in [9.17, 15) is 12.8 Å². The molecule has 3 heterocycles. The number of pyridine rings is 1. The molecule has 1 saturated heterocycles.